The molecule has 1 aromatic carbocycles. The van der Waals surface area contributed by atoms with E-state index in [-0.39, 0.29) is 12.2 Å². The van der Waals surface area contributed by atoms with Gasteiger partial charge in [-0.25, -0.2) is 0 Å². The highest BCUT2D eigenvalue weighted by atomic mass is 16.4. The average molecular weight is 192 g/mol. The lowest BCUT2D eigenvalue weighted by molar-refractivity contribution is -0.136. The molecule has 2 aromatic rings. The standard InChI is InChI=1S/C10H8O4/c11-8-2-1-3-9-7(8)4-6(14-9)5-10(12)13/h1-4,11H,5H2,(H,12,13). The number of aromatic hydroxyl groups is 1. The first-order chi connectivity index (χ1) is 6.66. The molecule has 72 valence electrons. The highest BCUT2D eigenvalue weighted by molar-refractivity contribution is 5.85. The maximum absolute atomic E-state index is 10.4. The Kier molecular flexibility index (Phi) is 1.89. The number of phenols is 1. The van der Waals surface area contributed by atoms with Crippen molar-refractivity contribution in [1.29, 1.82) is 0 Å². The fourth-order valence-corrected chi connectivity index (χ4v) is 1.33. The molecule has 0 saturated carbocycles. The number of hydrogen-bond donors (Lipinski definition) is 2. The van der Waals surface area contributed by atoms with E-state index in [1.165, 1.54) is 6.07 Å². The van der Waals surface area contributed by atoms with E-state index in [1.807, 2.05) is 0 Å². The van der Waals surface area contributed by atoms with Crippen LogP contribution in [0.15, 0.2) is 28.7 Å². The third-order valence-electron chi connectivity index (χ3n) is 1.91. The summed E-state index contributed by atoms with van der Waals surface area (Å²) in [6.07, 6.45) is -0.173. The predicted octanol–water partition coefficient (Wildman–Crippen LogP) is 1.77. The highest BCUT2D eigenvalue weighted by Crippen LogP contribution is 2.27. The Bertz CT molecular complexity index is 484. The highest BCUT2D eigenvalue weighted by Gasteiger charge is 2.09. The number of furan rings is 1. The molecule has 0 unspecified atom stereocenters. The lowest BCUT2D eigenvalue weighted by Gasteiger charge is -1.89. The molecule has 0 bridgehead atoms. The van der Waals surface area contributed by atoms with E-state index in [2.05, 4.69) is 0 Å². The summed E-state index contributed by atoms with van der Waals surface area (Å²) >= 11 is 0. The Balaban J connectivity index is 2.51. The van der Waals surface area contributed by atoms with Crippen molar-refractivity contribution >= 4 is 16.9 Å². The van der Waals surface area contributed by atoms with Crippen LogP contribution in [0.3, 0.4) is 0 Å². The third-order valence-corrected chi connectivity index (χ3v) is 1.91. The second-order valence-electron chi connectivity index (χ2n) is 2.97. The predicted molar refractivity (Wildman–Crippen MR) is 49.2 cm³/mol. The van der Waals surface area contributed by atoms with Gasteiger partial charge in [-0.1, -0.05) is 6.07 Å². The summed E-state index contributed by atoms with van der Waals surface area (Å²) < 4.78 is 5.22. The van der Waals surface area contributed by atoms with E-state index in [0.29, 0.717) is 16.7 Å². The fraction of sp³-hybridized carbons (Fsp3) is 0.100. The summed E-state index contributed by atoms with van der Waals surface area (Å²) in [5.74, 6) is -0.513. The number of fused-ring (bicyclic) bond motifs is 1. The fourth-order valence-electron chi connectivity index (χ4n) is 1.33. The quantitative estimate of drug-likeness (QED) is 0.760. The molecule has 0 radical (unpaired) electrons. The molecule has 1 heterocycles. The van der Waals surface area contributed by atoms with Crippen LogP contribution in [0.1, 0.15) is 5.76 Å². The molecule has 0 saturated heterocycles. The average Bonchev–Trinajstić information content (AvgIpc) is 2.47. The van der Waals surface area contributed by atoms with Gasteiger partial charge in [-0.15, -0.1) is 0 Å². The van der Waals surface area contributed by atoms with Crippen LogP contribution >= 0.6 is 0 Å². The number of rotatable bonds is 2. The minimum Gasteiger partial charge on any atom is -0.507 e. The summed E-state index contributed by atoms with van der Waals surface area (Å²) in [6.45, 7) is 0. The Morgan fingerprint density at radius 3 is 2.86 bits per heavy atom. The molecule has 0 aliphatic heterocycles. The van der Waals surface area contributed by atoms with Gasteiger partial charge < -0.3 is 14.6 Å². The zero-order chi connectivity index (χ0) is 10.1. The summed E-state index contributed by atoms with van der Waals surface area (Å²) in [4.78, 5) is 10.4. The van der Waals surface area contributed by atoms with E-state index in [4.69, 9.17) is 9.52 Å². The number of hydrogen-bond acceptors (Lipinski definition) is 3. The Labute approximate surface area is 79.4 Å². The topological polar surface area (TPSA) is 70.7 Å². The van der Waals surface area contributed by atoms with Gasteiger partial charge in [-0.3, -0.25) is 4.79 Å². The molecule has 4 heteroatoms. The number of benzene rings is 1. The lowest BCUT2D eigenvalue weighted by Crippen LogP contribution is -1.97. The molecule has 4 nitrogen and oxygen atoms in total. The molecule has 0 spiro atoms. The Morgan fingerprint density at radius 1 is 1.43 bits per heavy atom. The van der Waals surface area contributed by atoms with Gasteiger partial charge in [0, 0.05) is 0 Å². The second-order valence-corrected chi connectivity index (χ2v) is 2.97. The maximum Gasteiger partial charge on any atom is 0.311 e. The number of carboxylic acids is 1. The van der Waals surface area contributed by atoms with Gasteiger partial charge in [0.25, 0.3) is 0 Å². The summed E-state index contributed by atoms with van der Waals surface area (Å²) in [5, 5.41) is 18.5. The zero-order valence-corrected chi connectivity index (χ0v) is 7.23. The first kappa shape index (κ1) is 8.62. The van der Waals surface area contributed by atoms with Gasteiger partial charge in [0.15, 0.2) is 0 Å². The van der Waals surface area contributed by atoms with Crippen LogP contribution in [0.5, 0.6) is 5.75 Å². The van der Waals surface area contributed by atoms with E-state index in [9.17, 15) is 9.90 Å². The molecule has 2 rings (SSSR count). The van der Waals surface area contributed by atoms with Crippen molar-refractivity contribution in [3.05, 3.63) is 30.0 Å². The van der Waals surface area contributed by atoms with Crippen LogP contribution in [0.4, 0.5) is 0 Å². The van der Waals surface area contributed by atoms with Crippen molar-refractivity contribution in [3.8, 4) is 5.75 Å². The van der Waals surface area contributed by atoms with Gasteiger partial charge in [-0.2, -0.15) is 0 Å². The summed E-state index contributed by atoms with van der Waals surface area (Å²) in [7, 11) is 0. The molecule has 2 N–H and O–H groups in total. The van der Waals surface area contributed by atoms with Gasteiger partial charge in [-0.05, 0) is 18.2 Å². The van der Waals surface area contributed by atoms with Crippen LogP contribution in [0.25, 0.3) is 11.0 Å². The van der Waals surface area contributed by atoms with E-state index in [0.717, 1.165) is 0 Å². The minimum atomic E-state index is -0.955. The van der Waals surface area contributed by atoms with Crippen molar-refractivity contribution in [1.82, 2.24) is 0 Å². The number of carboxylic acid groups (broad SMARTS) is 1. The summed E-state index contributed by atoms with van der Waals surface area (Å²) in [6, 6.07) is 6.40. The van der Waals surface area contributed by atoms with Gasteiger partial charge in [0.2, 0.25) is 0 Å². The monoisotopic (exact) mass is 192 g/mol. The number of phenolic OH excluding ortho intramolecular Hbond substituents is 1. The second kappa shape index (κ2) is 3.06. The van der Waals surface area contributed by atoms with Crippen LogP contribution in [0.2, 0.25) is 0 Å². The first-order valence-electron chi connectivity index (χ1n) is 4.09. The molecule has 1 aromatic heterocycles. The zero-order valence-electron chi connectivity index (χ0n) is 7.23. The molecule has 0 fully saturated rings. The molecular weight excluding hydrogens is 184 g/mol. The van der Waals surface area contributed by atoms with E-state index < -0.39 is 5.97 Å². The Morgan fingerprint density at radius 2 is 2.21 bits per heavy atom. The van der Waals surface area contributed by atoms with Crippen molar-refractivity contribution < 1.29 is 19.4 Å². The van der Waals surface area contributed by atoms with Gasteiger partial charge in [0.1, 0.15) is 23.5 Å². The van der Waals surface area contributed by atoms with E-state index in [1.54, 1.807) is 18.2 Å². The lowest BCUT2D eigenvalue weighted by atomic mass is 10.2. The van der Waals surface area contributed by atoms with Crippen molar-refractivity contribution in [3.63, 3.8) is 0 Å². The van der Waals surface area contributed by atoms with Crippen molar-refractivity contribution in [2.75, 3.05) is 0 Å². The normalized spacial score (nSPS) is 10.6. The van der Waals surface area contributed by atoms with Gasteiger partial charge >= 0.3 is 5.97 Å². The molecule has 0 amide bonds. The maximum atomic E-state index is 10.4. The Hall–Kier alpha value is -1.97. The van der Waals surface area contributed by atoms with Crippen molar-refractivity contribution in [2.45, 2.75) is 6.42 Å². The van der Waals surface area contributed by atoms with Crippen LogP contribution in [0, 0.1) is 0 Å². The molecule has 0 atom stereocenters. The van der Waals surface area contributed by atoms with Crippen LogP contribution in [-0.4, -0.2) is 16.2 Å². The number of aliphatic carboxylic acids is 1. The van der Waals surface area contributed by atoms with Crippen LogP contribution in [-0.2, 0) is 11.2 Å². The molecule has 0 aliphatic carbocycles. The largest absolute Gasteiger partial charge is 0.507 e. The van der Waals surface area contributed by atoms with E-state index >= 15 is 0 Å². The third kappa shape index (κ3) is 1.42. The van der Waals surface area contributed by atoms with Gasteiger partial charge in [0.05, 0.1) is 5.39 Å². The number of carbonyl (C=O) groups is 1. The minimum absolute atomic E-state index is 0.0999. The molecule has 14 heavy (non-hydrogen) atoms. The smallest absolute Gasteiger partial charge is 0.311 e. The molecule has 0 aliphatic rings. The first-order valence-corrected chi connectivity index (χ1v) is 4.09. The van der Waals surface area contributed by atoms with Crippen LogP contribution < -0.4 is 0 Å². The van der Waals surface area contributed by atoms with Crippen molar-refractivity contribution in [2.24, 2.45) is 0 Å². The molecular formula is C10H8O4. The summed E-state index contributed by atoms with van der Waals surface area (Å²) in [5.41, 5.74) is 0.501. The SMILES string of the molecule is O=C(O)Cc1cc2c(O)cccc2o1.